The zero-order valence-corrected chi connectivity index (χ0v) is 6.78. The van der Waals surface area contributed by atoms with Crippen LogP contribution in [0.25, 0.3) is 0 Å². The number of benzene rings is 1. The zero-order chi connectivity index (χ0) is 9.00. The second kappa shape index (κ2) is 2.09. The highest BCUT2D eigenvalue weighted by Gasteiger charge is 2.34. The third-order valence-electron chi connectivity index (χ3n) is 2.28. The molecule has 0 bridgehead atoms. The maximum absolute atomic E-state index is 9.56. The fourth-order valence-electron chi connectivity index (χ4n) is 1.43. The van der Waals surface area contributed by atoms with Crippen LogP contribution in [0.1, 0.15) is 5.56 Å². The number of hydrogen-bond donors (Lipinski definition) is 2. The first-order chi connectivity index (χ1) is 6.25. The van der Waals surface area contributed by atoms with Crippen LogP contribution >= 0.6 is 0 Å². The molecule has 1 saturated heterocycles. The fourth-order valence-corrected chi connectivity index (χ4v) is 1.43. The minimum Gasteiger partial charge on any atom is -0.504 e. The summed E-state index contributed by atoms with van der Waals surface area (Å²) in [6.07, 6.45) is 0.831. The predicted molar refractivity (Wildman–Crippen MR) is 43.3 cm³/mol. The third-order valence-corrected chi connectivity index (χ3v) is 2.28. The van der Waals surface area contributed by atoms with Gasteiger partial charge in [-0.15, -0.1) is 0 Å². The van der Waals surface area contributed by atoms with Crippen LogP contribution < -0.4 is 4.74 Å². The van der Waals surface area contributed by atoms with Gasteiger partial charge in [-0.1, -0.05) is 0 Å². The summed E-state index contributed by atoms with van der Waals surface area (Å²) in [7, 11) is 0. The lowest BCUT2D eigenvalue weighted by atomic mass is 10.1. The van der Waals surface area contributed by atoms with Crippen LogP contribution in [-0.4, -0.2) is 22.9 Å². The Labute approximate surface area is 74.3 Å². The van der Waals surface area contributed by atoms with E-state index in [2.05, 4.69) is 0 Å². The van der Waals surface area contributed by atoms with Crippen molar-refractivity contribution >= 4 is 0 Å². The summed E-state index contributed by atoms with van der Waals surface area (Å²) < 4.78 is 9.93. The molecule has 0 aliphatic carbocycles. The highest BCUT2D eigenvalue weighted by Crippen LogP contribution is 2.59. The van der Waals surface area contributed by atoms with Gasteiger partial charge in [-0.25, -0.2) is 0 Å². The van der Waals surface area contributed by atoms with Gasteiger partial charge in [0.05, 0.1) is 12.7 Å². The van der Waals surface area contributed by atoms with Gasteiger partial charge in [0.15, 0.2) is 11.5 Å². The predicted octanol–water partition coefficient (Wildman–Crippen LogP) is 1.14. The molecule has 0 saturated carbocycles. The van der Waals surface area contributed by atoms with Gasteiger partial charge in [-0.05, 0) is 6.07 Å². The number of epoxide rings is 1. The van der Waals surface area contributed by atoms with E-state index in [1.807, 2.05) is 0 Å². The molecule has 4 nitrogen and oxygen atoms in total. The summed E-state index contributed by atoms with van der Waals surface area (Å²) >= 11 is 0. The van der Waals surface area contributed by atoms with E-state index in [1.165, 1.54) is 6.07 Å². The molecule has 0 radical (unpaired) electrons. The van der Waals surface area contributed by atoms with Gasteiger partial charge in [0.25, 0.3) is 0 Å². The molecule has 4 heteroatoms. The molecule has 1 aromatic rings. The molecule has 0 aromatic heterocycles. The minimum absolute atomic E-state index is 0.100. The zero-order valence-electron chi connectivity index (χ0n) is 6.78. The number of aromatic hydroxyl groups is 2. The molecule has 2 heterocycles. The number of rotatable bonds is 2. The molecule has 2 aliphatic heterocycles. The van der Waals surface area contributed by atoms with E-state index >= 15 is 0 Å². The summed E-state index contributed by atoms with van der Waals surface area (Å²) in [4.78, 5) is 0. The first kappa shape index (κ1) is 7.03. The van der Waals surface area contributed by atoms with Crippen LogP contribution in [0, 0.1) is 0 Å². The molecule has 3 rings (SSSR count). The number of fused-ring (bicyclic) bond motifs is 1. The smallest absolute Gasteiger partial charge is 0.216 e. The van der Waals surface area contributed by atoms with E-state index in [0.717, 1.165) is 6.61 Å². The van der Waals surface area contributed by atoms with Crippen LogP contribution in [0.4, 0.5) is 0 Å². The summed E-state index contributed by atoms with van der Waals surface area (Å²) in [6, 6.07) is 1.53. The van der Waals surface area contributed by atoms with E-state index in [1.54, 1.807) is 0 Å². The summed E-state index contributed by atoms with van der Waals surface area (Å²) in [5.41, 5.74) is 0.691. The quantitative estimate of drug-likeness (QED) is 0.537. The highest BCUT2D eigenvalue weighted by molar-refractivity contribution is 5.71. The Balaban J connectivity index is 1.99. The average Bonchev–Trinajstić information content (AvgIpc) is 2.93. The standard InChI is InChI=1S/C9H8O4/c10-6-2-4(1-5-3-12-5)7(11)9-8(6)13-9/h2,5,10-11H,1,3H2. The Bertz CT molecular complexity index is 382. The van der Waals surface area contributed by atoms with Gasteiger partial charge in [0.1, 0.15) is 0 Å². The third kappa shape index (κ3) is 1.02. The monoisotopic (exact) mass is 180 g/mol. The van der Waals surface area contributed by atoms with Crippen LogP contribution in [0.5, 0.6) is 23.0 Å². The van der Waals surface area contributed by atoms with E-state index in [4.69, 9.17) is 9.47 Å². The lowest BCUT2D eigenvalue weighted by molar-refractivity contribution is 0.400. The maximum atomic E-state index is 9.56. The number of phenols is 2. The Kier molecular flexibility index (Phi) is 1.13. The van der Waals surface area contributed by atoms with Crippen molar-refractivity contribution in [2.45, 2.75) is 12.5 Å². The molecule has 1 fully saturated rings. The number of phenolic OH excluding ortho intramolecular Hbond substituents is 2. The van der Waals surface area contributed by atoms with E-state index in [-0.39, 0.29) is 17.6 Å². The second-order valence-electron chi connectivity index (χ2n) is 3.32. The van der Waals surface area contributed by atoms with Crippen LogP contribution in [0.2, 0.25) is 0 Å². The van der Waals surface area contributed by atoms with Gasteiger partial charge in [-0.2, -0.15) is 0 Å². The molecule has 1 atom stereocenters. The SMILES string of the molecule is Oc1cc(CC2CO2)c(O)c2c1O2. The van der Waals surface area contributed by atoms with Crippen LogP contribution in [0.15, 0.2) is 6.07 Å². The lowest BCUT2D eigenvalue weighted by Gasteiger charge is -1.98. The lowest BCUT2D eigenvalue weighted by Crippen LogP contribution is -1.91. The van der Waals surface area contributed by atoms with Gasteiger partial charge >= 0.3 is 0 Å². The van der Waals surface area contributed by atoms with Crippen molar-refractivity contribution in [3.63, 3.8) is 0 Å². The van der Waals surface area contributed by atoms with E-state index in [0.29, 0.717) is 23.5 Å². The minimum atomic E-state index is 0.100. The van der Waals surface area contributed by atoms with Crippen molar-refractivity contribution in [3.8, 4) is 23.0 Å². The Morgan fingerprint density at radius 1 is 1.38 bits per heavy atom. The first-order valence-electron chi connectivity index (χ1n) is 4.13. The summed E-state index contributed by atoms with van der Waals surface area (Å²) in [6.45, 7) is 0.734. The number of hydrogen-bond acceptors (Lipinski definition) is 4. The molecular weight excluding hydrogens is 172 g/mol. The van der Waals surface area contributed by atoms with Gasteiger partial charge in [0.2, 0.25) is 11.5 Å². The Morgan fingerprint density at radius 3 is 2.85 bits per heavy atom. The van der Waals surface area contributed by atoms with Crippen LogP contribution in [-0.2, 0) is 11.2 Å². The van der Waals surface area contributed by atoms with E-state index in [9.17, 15) is 10.2 Å². The van der Waals surface area contributed by atoms with Crippen molar-refractivity contribution in [2.75, 3.05) is 6.61 Å². The maximum Gasteiger partial charge on any atom is 0.216 e. The first-order valence-corrected chi connectivity index (χ1v) is 4.13. The fraction of sp³-hybridized carbons (Fsp3) is 0.333. The molecular formula is C9H8O4. The normalized spacial score (nSPS) is 22.0. The van der Waals surface area contributed by atoms with Gasteiger partial charge in [0, 0.05) is 12.0 Å². The highest BCUT2D eigenvalue weighted by atomic mass is 16.6. The van der Waals surface area contributed by atoms with Crippen molar-refractivity contribution in [2.24, 2.45) is 0 Å². The van der Waals surface area contributed by atoms with E-state index < -0.39 is 0 Å². The topological polar surface area (TPSA) is 65.5 Å². The molecule has 13 heavy (non-hydrogen) atoms. The van der Waals surface area contributed by atoms with Crippen molar-refractivity contribution in [3.05, 3.63) is 11.6 Å². The summed E-state index contributed by atoms with van der Waals surface area (Å²) in [5, 5.41) is 18.9. The molecule has 1 aromatic carbocycles. The largest absolute Gasteiger partial charge is 0.504 e. The van der Waals surface area contributed by atoms with Crippen molar-refractivity contribution < 1.29 is 19.7 Å². The number of ether oxygens (including phenoxy) is 2. The molecule has 68 valence electrons. The Morgan fingerprint density at radius 2 is 2.15 bits per heavy atom. The van der Waals surface area contributed by atoms with Crippen molar-refractivity contribution in [1.29, 1.82) is 0 Å². The molecule has 1 unspecified atom stereocenters. The molecule has 2 N–H and O–H groups in total. The molecule has 2 aliphatic rings. The van der Waals surface area contributed by atoms with Gasteiger partial charge < -0.3 is 19.7 Å². The van der Waals surface area contributed by atoms with Crippen LogP contribution in [0.3, 0.4) is 0 Å². The molecule has 0 spiro atoms. The van der Waals surface area contributed by atoms with Gasteiger partial charge in [-0.3, -0.25) is 0 Å². The Hall–Kier alpha value is -1.42. The average molecular weight is 180 g/mol. The van der Waals surface area contributed by atoms with Crippen molar-refractivity contribution in [1.82, 2.24) is 0 Å². The summed E-state index contributed by atoms with van der Waals surface area (Å²) in [5.74, 6) is 1.06. The second-order valence-corrected chi connectivity index (χ2v) is 3.32. The molecule has 0 amide bonds.